The lowest BCUT2D eigenvalue weighted by atomic mass is 9.32. The van der Waals surface area contributed by atoms with Crippen molar-refractivity contribution in [2.24, 2.45) is 56.7 Å². The van der Waals surface area contributed by atoms with E-state index in [4.69, 9.17) is 4.74 Å². The van der Waals surface area contributed by atoms with Crippen LogP contribution in [0.5, 0.6) is 0 Å². The summed E-state index contributed by atoms with van der Waals surface area (Å²) in [5.41, 5.74) is 2.12. The summed E-state index contributed by atoms with van der Waals surface area (Å²) in [6, 6.07) is 0. The zero-order valence-corrected chi connectivity index (χ0v) is 23.6. The highest BCUT2D eigenvalue weighted by Crippen LogP contribution is 2.77. The van der Waals surface area contributed by atoms with Crippen LogP contribution in [0.1, 0.15) is 113 Å². The second-order valence-corrected chi connectivity index (χ2v) is 15.0. The van der Waals surface area contributed by atoms with E-state index in [1.807, 2.05) is 0 Å². The fourth-order valence-electron chi connectivity index (χ4n) is 11.6. The van der Waals surface area contributed by atoms with Crippen LogP contribution in [-0.4, -0.2) is 18.4 Å². The first-order chi connectivity index (χ1) is 16.2. The Morgan fingerprint density at radius 1 is 0.886 bits per heavy atom. The van der Waals surface area contributed by atoms with E-state index in [9.17, 15) is 9.59 Å². The predicted molar refractivity (Wildman–Crippen MR) is 141 cm³/mol. The number of allylic oxidation sites excluding steroid dienone is 1. The standard InChI is InChI=1S/C32H50O3/c1-20(2)22-11-16-32(19-35-21(3)33)18-17-30(7)23(27(22)32)9-10-25-29(6)14-13-26(34)28(4,5)24(29)12-15-31(25,30)8/h22-25,27H,1,9-19H2,2-8H3/t22-,23+,24+,25-,27+,29-,30-,31+,32-/m1/s1. The van der Waals surface area contributed by atoms with Gasteiger partial charge in [-0.3, -0.25) is 9.59 Å². The number of carbonyl (C=O) groups is 2. The van der Waals surface area contributed by atoms with Gasteiger partial charge >= 0.3 is 5.97 Å². The fourth-order valence-corrected chi connectivity index (χ4v) is 11.6. The highest BCUT2D eigenvalue weighted by Gasteiger charge is 2.71. The summed E-state index contributed by atoms with van der Waals surface area (Å²) in [4.78, 5) is 24.8. The van der Waals surface area contributed by atoms with E-state index in [1.165, 1.54) is 56.9 Å². The van der Waals surface area contributed by atoms with E-state index >= 15 is 0 Å². The number of ether oxygens (including phenoxy) is 1. The van der Waals surface area contributed by atoms with Crippen LogP contribution >= 0.6 is 0 Å². The molecular weight excluding hydrogens is 432 g/mol. The maximum atomic E-state index is 13.0. The van der Waals surface area contributed by atoms with Gasteiger partial charge in [0.1, 0.15) is 5.78 Å². The van der Waals surface area contributed by atoms with Crippen LogP contribution in [0.25, 0.3) is 0 Å². The third kappa shape index (κ3) is 3.27. The zero-order chi connectivity index (χ0) is 25.6. The van der Waals surface area contributed by atoms with Crippen molar-refractivity contribution in [1.82, 2.24) is 0 Å². The Labute approximate surface area is 214 Å². The minimum Gasteiger partial charge on any atom is -0.465 e. The third-order valence-corrected chi connectivity index (χ3v) is 13.5. The van der Waals surface area contributed by atoms with Gasteiger partial charge in [-0.15, -0.1) is 0 Å². The Kier molecular flexibility index (Phi) is 5.79. The molecule has 0 amide bonds. The van der Waals surface area contributed by atoms with E-state index < -0.39 is 0 Å². The van der Waals surface area contributed by atoms with Gasteiger partial charge in [-0.2, -0.15) is 0 Å². The van der Waals surface area contributed by atoms with Gasteiger partial charge in [-0.1, -0.05) is 46.8 Å². The lowest BCUT2D eigenvalue weighted by Crippen LogP contribution is -2.66. The van der Waals surface area contributed by atoms with Crippen LogP contribution in [0, 0.1) is 56.7 Å². The highest BCUT2D eigenvalue weighted by atomic mass is 16.5. The molecule has 0 bridgehead atoms. The predicted octanol–water partition coefficient (Wildman–Crippen LogP) is 7.78. The zero-order valence-electron chi connectivity index (χ0n) is 23.6. The first-order valence-electron chi connectivity index (χ1n) is 14.5. The number of fused-ring (bicyclic) bond motifs is 7. The molecule has 0 saturated heterocycles. The minimum absolute atomic E-state index is 0.128. The number of esters is 1. The summed E-state index contributed by atoms with van der Waals surface area (Å²) in [6.07, 6.45) is 11.6. The van der Waals surface area contributed by atoms with Gasteiger partial charge in [0.05, 0.1) is 6.61 Å². The van der Waals surface area contributed by atoms with E-state index in [0.717, 1.165) is 12.8 Å². The largest absolute Gasteiger partial charge is 0.465 e. The molecule has 5 aliphatic rings. The highest BCUT2D eigenvalue weighted by molar-refractivity contribution is 5.85. The van der Waals surface area contributed by atoms with Gasteiger partial charge < -0.3 is 4.74 Å². The molecule has 3 nitrogen and oxygen atoms in total. The van der Waals surface area contributed by atoms with E-state index in [2.05, 4.69) is 48.1 Å². The van der Waals surface area contributed by atoms with Crippen molar-refractivity contribution in [2.75, 3.05) is 6.61 Å². The minimum atomic E-state index is -0.186. The van der Waals surface area contributed by atoms with Crippen molar-refractivity contribution in [3.8, 4) is 0 Å². The normalized spacial score (nSPS) is 50.4. The number of Topliss-reactive ketones (excluding diaryl/α,β-unsaturated/α-hetero) is 1. The van der Waals surface area contributed by atoms with Crippen molar-refractivity contribution < 1.29 is 14.3 Å². The second kappa shape index (κ2) is 7.94. The van der Waals surface area contributed by atoms with Gasteiger partial charge in [0.2, 0.25) is 0 Å². The van der Waals surface area contributed by atoms with E-state index in [1.54, 1.807) is 6.92 Å². The third-order valence-electron chi connectivity index (χ3n) is 13.5. The molecular formula is C32H50O3. The van der Waals surface area contributed by atoms with Crippen LogP contribution < -0.4 is 0 Å². The second-order valence-electron chi connectivity index (χ2n) is 15.0. The molecule has 3 heteroatoms. The molecule has 9 atom stereocenters. The molecule has 196 valence electrons. The topological polar surface area (TPSA) is 43.4 Å². The van der Waals surface area contributed by atoms with Gasteiger partial charge in [0.25, 0.3) is 0 Å². The van der Waals surface area contributed by atoms with Crippen molar-refractivity contribution in [2.45, 2.75) is 113 Å². The molecule has 0 spiro atoms. The molecule has 0 N–H and O–H groups in total. The van der Waals surface area contributed by atoms with Crippen molar-refractivity contribution in [3.05, 3.63) is 12.2 Å². The Morgan fingerprint density at radius 3 is 2.26 bits per heavy atom. The van der Waals surface area contributed by atoms with Gasteiger partial charge in [0.15, 0.2) is 0 Å². The van der Waals surface area contributed by atoms with Crippen LogP contribution in [0.4, 0.5) is 0 Å². The van der Waals surface area contributed by atoms with Gasteiger partial charge in [-0.05, 0) is 111 Å². The summed E-state index contributed by atoms with van der Waals surface area (Å²) in [5, 5.41) is 0. The van der Waals surface area contributed by atoms with Gasteiger partial charge in [0, 0.05) is 24.2 Å². The van der Waals surface area contributed by atoms with Crippen molar-refractivity contribution in [3.63, 3.8) is 0 Å². The molecule has 0 aliphatic heterocycles. The van der Waals surface area contributed by atoms with Gasteiger partial charge in [-0.25, -0.2) is 0 Å². The van der Waals surface area contributed by atoms with Crippen molar-refractivity contribution in [1.29, 1.82) is 0 Å². The Bertz CT molecular complexity index is 933. The average molecular weight is 483 g/mol. The summed E-state index contributed by atoms with van der Waals surface area (Å²) < 4.78 is 5.78. The number of ketones is 1. The van der Waals surface area contributed by atoms with E-state index in [0.29, 0.717) is 47.4 Å². The summed E-state index contributed by atoms with van der Waals surface area (Å²) in [5.74, 6) is 3.34. The Hall–Kier alpha value is -1.12. The summed E-state index contributed by atoms with van der Waals surface area (Å²) in [7, 11) is 0. The first-order valence-corrected chi connectivity index (χ1v) is 14.5. The lowest BCUT2D eigenvalue weighted by Gasteiger charge is -2.72. The molecule has 0 unspecified atom stereocenters. The molecule has 5 fully saturated rings. The maximum absolute atomic E-state index is 13.0. The molecule has 5 aliphatic carbocycles. The number of hydrogen-bond acceptors (Lipinski definition) is 3. The maximum Gasteiger partial charge on any atom is 0.302 e. The molecule has 35 heavy (non-hydrogen) atoms. The lowest BCUT2D eigenvalue weighted by molar-refractivity contribution is -0.237. The SMILES string of the molecule is C=C(C)[C@H]1CC[C@]2(COC(C)=O)CC[C@]3(C)[C@@H](CC[C@@H]4[C@]5(C)CCC(=O)C(C)(C)[C@@H]5CC[C@@]43C)[C@H]12. The summed E-state index contributed by atoms with van der Waals surface area (Å²) >= 11 is 0. The quantitative estimate of drug-likeness (QED) is 0.305. The Morgan fingerprint density at radius 2 is 1.60 bits per heavy atom. The van der Waals surface area contributed by atoms with Crippen LogP contribution in [-0.2, 0) is 14.3 Å². The van der Waals surface area contributed by atoms with Crippen LogP contribution in [0.3, 0.4) is 0 Å². The first kappa shape index (κ1) is 25.5. The molecule has 0 aromatic rings. The molecule has 0 aromatic carbocycles. The Balaban J connectivity index is 1.53. The number of carbonyl (C=O) groups excluding carboxylic acids is 2. The number of rotatable bonds is 3. The smallest absolute Gasteiger partial charge is 0.302 e. The van der Waals surface area contributed by atoms with E-state index in [-0.39, 0.29) is 27.6 Å². The fraction of sp³-hybridized carbons (Fsp3) is 0.875. The average Bonchev–Trinajstić information content (AvgIpc) is 3.16. The van der Waals surface area contributed by atoms with Crippen LogP contribution in [0.15, 0.2) is 12.2 Å². The van der Waals surface area contributed by atoms with Crippen molar-refractivity contribution >= 4 is 11.8 Å². The number of hydrogen-bond donors (Lipinski definition) is 0. The molecule has 5 saturated carbocycles. The molecule has 0 radical (unpaired) electrons. The van der Waals surface area contributed by atoms with Crippen LogP contribution in [0.2, 0.25) is 0 Å². The summed E-state index contributed by atoms with van der Waals surface area (Å²) in [6.45, 7) is 21.2. The monoisotopic (exact) mass is 482 g/mol. The molecule has 5 rings (SSSR count). The molecule has 0 heterocycles. The molecule has 0 aromatic heterocycles.